The van der Waals surface area contributed by atoms with Crippen LogP contribution < -0.4 is 10.2 Å². The number of nitrogens with one attached hydrogen (secondary N) is 1. The summed E-state index contributed by atoms with van der Waals surface area (Å²) in [5.74, 6) is -0.576. The SMILES string of the molecule is Cc1nsc(NC(=O)C2CCN(c3cccc(Br)c3)C2=O)n1. The van der Waals surface area contributed by atoms with Crippen molar-refractivity contribution in [1.82, 2.24) is 9.36 Å². The highest BCUT2D eigenvalue weighted by Crippen LogP contribution is 2.28. The van der Waals surface area contributed by atoms with Crippen LogP contribution in [0.15, 0.2) is 28.7 Å². The summed E-state index contributed by atoms with van der Waals surface area (Å²) in [6, 6.07) is 7.49. The molecule has 1 N–H and O–H groups in total. The molecule has 1 saturated heterocycles. The minimum absolute atomic E-state index is 0.183. The minimum Gasteiger partial charge on any atom is -0.312 e. The number of aromatic nitrogens is 2. The normalized spacial score (nSPS) is 17.8. The van der Waals surface area contributed by atoms with Gasteiger partial charge in [-0.15, -0.1) is 0 Å². The molecule has 1 aromatic carbocycles. The maximum absolute atomic E-state index is 12.5. The maximum Gasteiger partial charge on any atom is 0.239 e. The van der Waals surface area contributed by atoms with Gasteiger partial charge in [0.2, 0.25) is 16.9 Å². The zero-order chi connectivity index (χ0) is 15.7. The second-order valence-corrected chi connectivity index (χ2v) is 6.61. The molecule has 0 saturated carbocycles. The fraction of sp³-hybridized carbons (Fsp3) is 0.286. The van der Waals surface area contributed by atoms with Crippen molar-refractivity contribution >= 4 is 50.1 Å². The summed E-state index contributed by atoms with van der Waals surface area (Å²) in [4.78, 5) is 30.4. The number of nitrogens with zero attached hydrogens (tertiary/aromatic N) is 3. The maximum atomic E-state index is 12.5. The third-order valence-electron chi connectivity index (χ3n) is 3.40. The number of carbonyl (C=O) groups excluding carboxylic acids is 2. The smallest absolute Gasteiger partial charge is 0.239 e. The van der Waals surface area contributed by atoms with Crippen LogP contribution in [0, 0.1) is 12.8 Å². The summed E-state index contributed by atoms with van der Waals surface area (Å²) in [7, 11) is 0. The number of rotatable bonds is 3. The van der Waals surface area contributed by atoms with Crippen molar-refractivity contribution in [2.75, 3.05) is 16.8 Å². The fourth-order valence-corrected chi connectivity index (χ4v) is 3.33. The average molecular weight is 381 g/mol. The van der Waals surface area contributed by atoms with Crippen LogP contribution in [0.25, 0.3) is 0 Å². The van der Waals surface area contributed by atoms with Gasteiger partial charge in [-0.3, -0.25) is 9.59 Å². The lowest BCUT2D eigenvalue weighted by Gasteiger charge is -2.16. The first-order valence-electron chi connectivity index (χ1n) is 6.73. The van der Waals surface area contributed by atoms with Crippen LogP contribution in [0.5, 0.6) is 0 Å². The molecule has 1 aromatic heterocycles. The molecule has 1 atom stereocenters. The molecule has 1 aliphatic heterocycles. The number of benzene rings is 1. The van der Waals surface area contributed by atoms with Crippen LogP contribution in [-0.4, -0.2) is 27.7 Å². The molecule has 22 heavy (non-hydrogen) atoms. The molecular formula is C14H13BrN4O2S. The number of anilines is 2. The van der Waals surface area contributed by atoms with Gasteiger partial charge in [0.25, 0.3) is 0 Å². The molecule has 0 bridgehead atoms. The molecule has 1 fully saturated rings. The first-order valence-corrected chi connectivity index (χ1v) is 8.29. The molecule has 8 heteroatoms. The summed E-state index contributed by atoms with van der Waals surface area (Å²) in [5.41, 5.74) is 0.793. The number of aryl methyl sites for hydroxylation is 1. The predicted molar refractivity (Wildman–Crippen MR) is 87.9 cm³/mol. The molecule has 0 aliphatic carbocycles. The van der Waals surface area contributed by atoms with E-state index in [0.717, 1.165) is 21.7 Å². The Hall–Kier alpha value is -1.80. The van der Waals surface area contributed by atoms with Gasteiger partial charge in [-0.2, -0.15) is 4.37 Å². The Morgan fingerprint density at radius 2 is 2.32 bits per heavy atom. The van der Waals surface area contributed by atoms with E-state index < -0.39 is 5.92 Å². The Morgan fingerprint density at radius 3 is 3.00 bits per heavy atom. The van der Waals surface area contributed by atoms with Crippen molar-refractivity contribution < 1.29 is 9.59 Å². The monoisotopic (exact) mass is 380 g/mol. The van der Waals surface area contributed by atoms with Crippen molar-refractivity contribution in [3.05, 3.63) is 34.6 Å². The molecule has 1 aliphatic rings. The van der Waals surface area contributed by atoms with Gasteiger partial charge in [-0.1, -0.05) is 22.0 Å². The average Bonchev–Trinajstić information content (AvgIpc) is 3.05. The van der Waals surface area contributed by atoms with Gasteiger partial charge in [0.05, 0.1) is 0 Å². The molecule has 114 valence electrons. The minimum atomic E-state index is -0.678. The molecule has 2 aromatic rings. The van der Waals surface area contributed by atoms with Crippen molar-refractivity contribution in [1.29, 1.82) is 0 Å². The fourth-order valence-electron chi connectivity index (χ4n) is 2.36. The van der Waals surface area contributed by atoms with Crippen molar-refractivity contribution in [3.8, 4) is 0 Å². The highest BCUT2D eigenvalue weighted by molar-refractivity contribution is 9.10. The van der Waals surface area contributed by atoms with Gasteiger partial charge in [0, 0.05) is 28.2 Å². The van der Waals surface area contributed by atoms with Crippen molar-refractivity contribution in [3.63, 3.8) is 0 Å². The molecule has 3 rings (SSSR count). The Kier molecular flexibility index (Phi) is 4.21. The summed E-state index contributed by atoms with van der Waals surface area (Å²) in [5, 5.41) is 3.09. The Bertz CT molecular complexity index is 733. The molecule has 0 radical (unpaired) electrons. The first-order chi connectivity index (χ1) is 10.5. The van der Waals surface area contributed by atoms with E-state index in [1.807, 2.05) is 24.3 Å². The van der Waals surface area contributed by atoms with Crippen molar-refractivity contribution in [2.24, 2.45) is 5.92 Å². The van der Waals surface area contributed by atoms with E-state index in [-0.39, 0.29) is 11.8 Å². The van der Waals surface area contributed by atoms with Gasteiger partial charge in [-0.25, -0.2) is 4.98 Å². The van der Waals surface area contributed by atoms with Crippen LogP contribution in [0.3, 0.4) is 0 Å². The second kappa shape index (κ2) is 6.13. The summed E-state index contributed by atoms with van der Waals surface area (Å²) in [6.07, 6.45) is 0.495. The van der Waals surface area contributed by atoms with Crippen LogP contribution in [0.2, 0.25) is 0 Å². The van der Waals surface area contributed by atoms with E-state index in [0.29, 0.717) is 23.9 Å². The van der Waals surface area contributed by atoms with Gasteiger partial charge < -0.3 is 10.2 Å². The molecule has 1 unspecified atom stereocenters. The highest BCUT2D eigenvalue weighted by atomic mass is 79.9. The van der Waals surface area contributed by atoms with Crippen LogP contribution in [-0.2, 0) is 9.59 Å². The summed E-state index contributed by atoms with van der Waals surface area (Å²) in [6.45, 7) is 2.28. The summed E-state index contributed by atoms with van der Waals surface area (Å²) < 4.78 is 4.90. The number of amides is 2. The predicted octanol–water partition coefficient (Wildman–Crippen LogP) is 2.60. The zero-order valence-corrected chi connectivity index (χ0v) is 14.1. The molecular weight excluding hydrogens is 368 g/mol. The third kappa shape index (κ3) is 3.02. The van der Waals surface area contributed by atoms with E-state index in [1.54, 1.807) is 11.8 Å². The van der Waals surface area contributed by atoms with E-state index in [4.69, 9.17) is 0 Å². The number of hydrogen-bond acceptors (Lipinski definition) is 5. The van der Waals surface area contributed by atoms with Gasteiger partial charge in [0.15, 0.2) is 0 Å². The van der Waals surface area contributed by atoms with Gasteiger partial charge >= 0.3 is 0 Å². The Morgan fingerprint density at radius 1 is 1.50 bits per heavy atom. The van der Waals surface area contributed by atoms with E-state index in [1.165, 1.54) is 0 Å². The Labute approximate surface area is 139 Å². The highest BCUT2D eigenvalue weighted by Gasteiger charge is 2.37. The van der Waals surface area contributed by atoms with Gasteiger partial charge in [-0.05, 0) is 31.5 Å². The van der Waals surface area contributed by atoms with Crippen LogP contribution >= 0.6 is 27.5 Å². The lowest BCUT2D eigenvalue weighted by molar-refractivity contribution is -0.129. The molecule has 0 spiro atoms. The second-order valence-electron chi connectivity index (χ2n) is 4.95. The van der Waals surface area contributed by atoms with E-state index in [2.05, 4.69) is 30.6 Å². The quantitative estimate of drug-likeness (QED) is 0.830. The topological polar surface area (TPSA) is 75.2 Å². The molecule has 6 nitrogen and oxygen atoms in total. The van der Waals surface area contributed by atoms with E-state index >= 15 is 0 Å². The molecule has 2 heterocycles. The lowest BCUT2D eigenvalue weighted by atomic mass is 10.1. The number of hydrogen-bond donors (Lipinski definition) is 1. The third-order valence-corrected chi connectivity index (χ3v) is 4.61. The first kappa shape index (κ1) is 15.1. The van der Waals surface area contributed by atoms with Crippen LogP contribution in [0.4, 0.5) is 10.8 Å². The lowest BCUT2D eigenvalue weighted by Crippen LogP contribution is -2.33. The standard InChI is InChI=1S/C14H13BrN4O2S/c1-8-16-14(22-18-8)17-12(20)11-5-6-19(13(11)21)10-4-2-3-9(15)7-10/h2-4,7,11H,5-6H2,1H3,(H,16,17,18,20). The summed E-state index contributed by atoms with van der Waals surface area (Å²) >= 11 is 4.50. The number of carbonyl (C=O) groups is 2. The Balaban J connectivity index is 1.72. The number of halogens is 1. The largest absolute Gasteiger partial charge is 0.312 e. The van der Waals surface area contributed by atoms with E-state index in [9.17, 15) is 9.59 Å². The van der Waals surface area contributed by atoms with Crippen LogP contribution in [0.1, 0.15) is 12.2 Å². The van der Waals surface area contributed by atoms with Crippen molar-refractivity contribution in [2.45, 2.75) is 13.3 Å². The van der Waals surface area contributed by atoms with Gasteiger partial charge in [0.1, 0.15) is 11.7 Å². The molecule has 2 amide bonds. The zero-order valence-electron chi connectivity index (χ0n) is 11.7.